The van der Waals surface area contributed by atoms with Gasteiger partial charge in [-0.05, 0) is 49.6 Å². The van der Waals surface area contributed by atoms with Crippen molar-refractivity contribution in [3.05, 3.63) is 28.7 Å². The molecule has 18 heavy (non-hydrogen) atoms. The molecule has 1 aliphatic rings. The molecular formula is C15H22BrNS. The highest BCUT2D eigenvalue weighted by molar-refractivity contribution is 9.10. The van der Waals surface area contributed by atoms with Gasteiger partial charge in [-0.3, -0.25) is 0 Å². The minimum absolute atomic E-state index is 0.671. The van der Waals surface area contributed by atoms with Crippen LogP contribution in [0.4, 0.5) is 0 Å². The van der Waals surface area contributed by atoms with Crippen LogP contribution in [0.1, 0.15) is 32.6 Å². The molecule has 0 bridgehead atoms. The number of rotatable bonds is 8. The van der Waals surface area contributed by atoms with Crippen molar-refractivity contribution in [2.75, 3.05) is 12.3 Å². The smallest absolute Gasteiger partial charge is 0.0176 e. The quantitative estimate of drug-likeness (QED) is 0.694. The molecule has 1 aliphatic carbocycles. The highest BCUT2D eigenvalue weighted by Crippen LogP contribution is 2.34. The molecule has 1 aromatic carbocycles. The van der Waals surface area contributed by atoms with Gasteiger partial charge in [0.05, 0.1) is 0 Å². The summed E-state index contributed by atoms with van der Waals surface area (Å²) in [6.07, 6.45) is 5.69. The summed E-state index contributed by atoms with van der Waals surface area (Å²) in [4.78, 5) is 1.37. The molecule has 1 aromatic rings. The largest absolute Gasteiger partial charge is 0.313 e. The third-order valence-electron chi connectivity index (χ3n) is 3.38. The van der Waals surface area contributed by atoms with E-state index < -0.39 is 0 Å². The van der Waals surface area contributed by atoms with Crippen molar-refractivity contribution >= 4 is 27.7 Å². The molecule has 100 valence electrons. The minimum Gasteiger partial charge on any atom is -0.313 e. The molecule has 0 aliphatic heterocycles. The zero-order valence-corrected chi connectivity index (χ0v) is 13.4. The summed E-state index contributed by atoms with van der Waals surface area (Å²) in [5, 5.41) is 3.62. The number of thioether (sulfide) groups is 1. The molecule has 1 fully saturated rings. The topological polar surface area (TPSA) is 12.0 Å². The van der Waals surface area contributed by atoms with E-state index >= 15 is 0 Å². The number of hydrogen-bond acceptors (Lipinski definition) is 2. The van der Waals surface area contributed by atoms with Crippen LogP contribution in [0.5, 0.6) is 0 Å². The number of nitrogens with one attached hydrogen (secondary N) is 1. The van der Waals surface area contributed by atoms with Crippen molar-refractivity contribution in [1.29, 1.82) is 0 Å². The molecule has 1 atom stereocenters. The fourth-order valence-electron chi connectivity index (χ4n) is 2.10. The van der Waals surface area contributed by atoms with E-state index in [1.54, 1.807) is 0 Å². The third-order valence-corrected chi connectivity index (χ3v) is 5.08. The van der Waals surface area contributed by atoms with Crippen molar-refractivity contribution in [3.63, 3.8) is 0 Å². The van der Waals surface area contributed by atoms with Gasteiger partial charge in [-0.15, -0.1) is 11.8 Å². The van der Waals surface area contributed by atoms with Gasteiger partial charge < -0.3 is 5.32 Å². The lowest BCUT2D eigenvalue weighted by Crippen LogP contribution is -2.31. The Kier molecular flexibility index (Phi) is 6.06. The lowest BCUT2D eigenvalue weighted by Gasteiger charge is -2.17. The maximum Gasteiger partial charge on any atom is 0.0176 e. The predicted molar refractivity (Wildman–Crippen MR) is 84.3 cm³/mol. The molecule has 0 radical (unpaired) electrons. The first-order valence-corrected chi connectivity index (χ1v) is 8.67. The van der Waals surface area contributed by atoms with Gasteiger partial charge >= 0.3 is 0 Å². The van der Waals surface area contributed by atoms with Crippen molar-refractivity contribution in [3.8, 4) is 0 Å². The lowest BCUT2D eigenvalue weighted by atomic mass is 10.1. The molecule has 3 heteroatoms. The molecule has 0 aromatic heterocycles. The van der Waals surface area contributed by atoms with Gasteiger partial charge in [-0.1, -0.05) is 35.7 Å². The fourth-order valence-corrected chi connectivity index (χ4v) is 3.38. The monoisotopic (exact) mass is 327 g/mol. The van der Waals surface area contributed by atoms with Crippen LogP contribution in [-0.2, 0) is 0 Å². The molecule has 1 unspecified atom stereocenters. The van der Waals surface area contributed by atoms with E-state index in [2.05, 4.69) is 52.4 Å². The Bertz CT molecular complexity index is 348. The van der Waals surface area contributed by atoms with Gasteiger partial charge in [0, 0.05) is 21.2 Å². The Morgan fingerprint density at radius 3 is 2.67 bits per heavy atom. The summed E-state index contributed by atoms with van der Waals surface area (Å²) < 4.78 is 1.16. The van der Waals surface area contributed by atoms with Crippen LogP contribution < -0.4 is 5.32 Å². The van der Waals surface area contributed by atoms with Gasteiger partial charge in [0.1, 0.15) is 0 Å². The van der Waals surface area contributed by atoms with Crippen LogP contribution in [0.3, 0.4) is 0 Å². The minimum atomic E-state index is 0.671. The van der Waals surface area contributed by atoms with Gasteiger partial charge in [0.15, 0.2) is 0 Å². The molecule has 2 rings (SSSR count). The summed E-state index contributed by atoms with van der Waals surface area (Å²) in [6, 6.07) is 9.30. The van der Waals surface area contributed by atoms with Crippen molar-refractivity contribution in [2.45, 2.75) is 43.5 Å². The van der Waals surface area contributed by atoms with Gasteiger partial charge in [0.2, 0.25) is 0 Å². The van der Waals surface area contributed by atoms with E-state index in [1.807, 2.05) is 11.8 Å². The molecule has 1 saturated carbocycles. The summed E-state index contributed by atoms with van der Waals surface area (Å²) in [5.74, 6) is 2.23. The van der Waals surface area contributed by atoms with Crippen molar-refractivity contribution in [1.82, 2.24) is 5.32 Å². The number of benzene rings is 1. The maximum atomic E-state index is 3.62. The molecular weight excluding hydrogens is 306 g/mol. The van der Waals surface area contributed by atoms with Crippen LogP contribution in [-0.4, -0.2) is 18.3 Å². The van der Waals surface area contributed by atoms with Crippen LogP contribution in [0.25, 0.3) is 0 Å². The Balaban J connectivity index is 1.74. The Labute approximate surface area is 123 Å². The van der Waals surface area contributed by atoms with E-state index in [0.29, 0.717) is 6.04 Å². The highest BCUT2D eigenvalue weighted by Gasteiger charge is 2.22. The van der Waals surface area contributed by atoms with Crippen LogP contribution in [0.2, 0.25) is 0 Å². The molecule has 0 saturated heterocycles. The Morgan fingerprint density at radius 2 is 2.06 bits per heavy atom. The van der Waals surface area contributed by atoms with E-state index in [1.165, 1.54) is 36.3 Å². The second-order valence-electron chi connectivity index (χ2n) is 5.04. The summed E-state index contributed by atoms with van der Waals surface area (Å²) in [7, 11) is 0. The Hall–Kier alpha value is 0.01000. The lowest BCUT2D eigenvalue weighted by molar-refractivity contribution is 0.501. The van der Waals surface area contributed by atoms with Crippen LogP contribution in [0.15, 0.2) is 33.6 Å². The summed E-state index contributed by atoms with van der Waals surface area (Å²) in [6.45, 7) is 3.28. The molecule has 1 nitrogen and oxygen atoms in total. The average Bonchev–Trinajstić information content (AvgIpc) is 3.19. The standard InChI is InChI=1S/C15H22BrNS/c1-2-17-14(8-5-12-3-4-12)11-18-15-9-6-13(16)7-10-15/h6-7,9-10,12,14,17H,2-5,8,11H2,1H3. The zero-order valence-electron chi connectivity index (χ0n) is 11.0. The summed E-state index contributed by atoms with van der Waals surface area (Å²) in [5.41, 5.74) is 0. The van der Waals surface area contributed by atoms with E-state index in [0.717, 1.165) is 16.9 Å². The third kappa shape index (κ3) is 5.33. The second kappa shape index (κ2) is 7.56. The normalized spacial score (nSPS) is 16.8. The van der Waals surface area contributed by atoms with E-state index in [9.17, 15) is 0 Å². The van der Waals surface area contributed by atoms with E-state index in [4.69, 9.17) is 0 Å². The van der Waals surface area contributed by atoms with Crippen LogP contribution >= 0.6 is 27.7 Å². The first-order chi connectivity index (χ1) is 8.78. The van der Waals surface area contributed by atoms with Gasteiger partial charge in [-0.2, -0.15) is 0 Å². The van der Waals surface area contributed by atoms with Gasteiger partial charge in [0.25, 0.3) is 0 Å². The maximum absolute atomic E-state index is 3.62. The van der Waals surface area contributed by atoms with E-state index in [-0.39, 0.29) is 0 Å². The second-order valence-corrected chi connectivity index (χ2v) is 7.05. The number of halogens is 1. The van der Waals surface area contributed by atoms with Gasteiger partial charge in [-0.25, -0.2) is 0 Å². The first-order valence-electron chi connectivity index (χ1n) is 6.89. The first kappa shape index (κ1) is 14.4. The predicted octanol–water partition coefficient (Wildman–Crippen LogP) is 4.71. The Morgan fingerprint density at radius 1 is 1.33 bits per heavy atom. The SMILES string of the molecule is CCNC(CCC1CC1)CSc1ccc(Br)cc1. The van der Waals surface area contributed by atoms with Crippen molar-refractivity contribution in [2.24, 2.45) is 5.92 Å². The van der Waals surface area contributed by atoms with Crippen LogP contribution in [0, 0.1) is 5.92 Å². The fraction of sp³-hybridized carbons (Fsp3) is 0.600. The molecule has 0 spiro atoms. The molecule has 0 heterocycles. The van der Waals surface area contributed by atoms with Crippen molar-refractivity contribution < 1.29 is 0 Å². The zero-order chi connectivity index (χ0) is 12.8. The molecule has 0 amide bonds. The average molecular weight is 328 g/mol. The highest BCUT2D eigenvalue weighted by atomic mass is 79.9. The molecule has 1 N–H and O–H groups in total. The summed E-state index contributed by atoms with van der Waals surface area (Å²) >= 11 is 5.44. The number of hydrogen-bond donors (Lipinski definition) is 1.